The van der Waals surface area contributed by atoms with Gasteiger partial charge in [-0.2, -0.15) is 0 Å². The Labute approximate surface area is 192 Å². The van der Waals surface area contributed by atoms with Gasteiger partial charge in [0.1, 0.15) is 18.2 Å². The second-order valence-corrected chi connectivity index (χ2v) is 8.73. The molecule has 176 valence electrons. The molecule has 32 heavy (non-hydrogen) atoms. The van der Waals surface area contributed by atoms with Crippen LogP contribution in [0.25, 0.3) is 0 Å². The van der Waals surface area contributed by atoms with Gasteiger partial charge in [-0.1, -0.05) is 38.3 Å². The Bertz CT molecular complexity index is 806. The largest absolute Gasteiger partial charge is 0.444 e. The minimum Gasteiger partial charge on any atom is -0.444 e. The number of rotatable bonds is 10. The van der Waals surface area contributed by atoms with Crippen LogP contribution in [0.5, 0.6) is 0 Å². The Morgan fingerprint density at radius 3 is 2.25 bits per heavy atom. The Morgan fingerprint density at radius 2 is 1.75 bits per heavy atom. The fraction of sp³-hybridized carbons (Fsp3) is 0.560. The number of carbonyl (C=O) groups is 3. The first kappa shape index (κ1) is 27.0. The summed E-state index contributed by atoms with van der Waals surface area (Å²) < 4.78 is 5.22. The molecule has 0 aromatic heterocycles. The van der Waals surface area contributed by atoms with Crippen LogP contribution in [0.3, 0.4) is 0 Å². The van der Waals surface area contributed by atoms with Crippen LogP contribution in [0.1, 0.15) is 78.0 Å². The molecule has 0 saturated carbocycles. The molecule has 0 saturated heterocycles. The molecule has 2 atom stereocenters. The molecule has 1 rings (SSSR count). The number of hydrogen-bond acceptors (Lipinski definition) is 4. The molecule has 0 bridgehead atoms. The van der Waals surface area contributed by atoms with Crippen LogP contribution in [-0.4, -0.2) is 47.5 Å². The zero-order chi connectivity index (χ0) is 24.3. The molecular formula is C25H37N3O4. The summed E-state index contributed by atoms with van der Waals surface area (Å²) in [5, 5.41) is 5.44. The van der Waals surface area contributed by atoms with Crippen molar-refractivity contribution in [2.75, 3.05) is 13.1 Å². The van der Waals surface area contributed by atoms with E-state index in [-0.39, 0.29) is 24.4 Å². The number of alkyl carbamates (subject to hydrolysis) is 1. The van der Waals surface area contributed by atoms with E-state index in [1.807, 2.05) is 20.8 Å². The summed E-state index contributed by atoms with van der Waals surface area (Å²) in [7, 11) is 0. The number of ether oxygens (including phenoxy) is 1. The van der Waals surface area contributed by atoms with Gasteiger partial charge >= 0.3 is 6.09 Å². The standard InChI is InChI=1S/C25H37N3O4/c1-8-11-16-26-23(30)22(20-14-12-19(10-3)13-15-20)28(18(4)9-2)21(29)17-27-24(31)32-25(5,6)7/h3,12-15,18,22H,8-9,11,16-17H2,1-2,4-7H3,(H,26,30)(H,27,31). The van der Waals surface area contributed by atoms with E-state index in [1.165, 1.54) is 4.90 Å². The van der Waals surface area contributed by atoms with Crippen molar-refractivity contribution in [3.8, 4) is 12.3 Å². The maximum atomic E-state index is 13.2. The number of terminal acetylenes is 1. The first-order valence-corrected chi connectivity index (χ1v) is 11.2. The fourth-order valence-corrected chi connectivity index (χ4v) is 3.08. The van der Waals surface area contributed by atoms with Crippen LogP contribution in [0.15, 0.2) is 24.3 Å². The molecule has 7 heteroatoms. The van der Waals surface area contributed by atoms with E-state index in [9.17, 15) is 14.4 Å². The monoisotopic (exact) mass is 443 g/mol. The zero-order valence-electron chi connectivity index (χ0n) is 20.2. The first-order valence-electron chi connectivity index (χ1n) is 11.2. The summed E-state index contributed by atoms with van der Waals surface area (Å²) >= 11 is 0. The molecule has 0 spiro atoms. The number of benzene rings is 1. The Kier molecular flexibility index (Phi) is 10.8. The summed E-state index contributed by atoms with van der Waals surface area (Å²) in [5.74, 6) is 1.92. The first-order chi connectivity index (χ1) is 15.0. The van der Waals surface area contributed by atoms with E-state index in [2.05, 4.69) is 16.6 Å². The summed E-state index contributed by atoms with van der Waals surface area (Å²) in [6, 6.07) is 5.95. The minimum absolute atomic E-state index is 0.239. The molecule has 2 N–H and O–H groups in total. The van der Waals surface area contributed by atoms with E-state index in [1.54, 1.807) is 45.0 Å². The van der Waals surface area contributed by atoms with E-state index >= 15 is 0 Å². The highest BCUT2D eigenvalue weighted by atomic mass is 16.6. The Balaban J connectivity index is 3.20. The minimum atomic E-state index is -0.846. The van der Waals surface area contributed by atoms with Gasteiger partial charge in [0.05, 0.1) is 0 Å². The lowest BCUT2D eigenvalue weighted by Gasteiger charge is -2.36. The van der Waals surface area contributed by atoms with Crippen molar-refractivity contribution in [2.24, 2.45) is 0 Å². The number of hydrogen-bond donors (Lipinski definition) is 2. The molecule has 0 radical (unpaired) electrons. The second-order valence-electron chi connectivity index (χ2n) is 8.73. The van der Waals surface area contributed by atoms with Crippen molar-refractivity contribution in [1.82, 2.24) is 15.5 Å². The van der Waals surface area contributed by atoms with Gasteiger partial charge < -0.3 is 20.3 Å². The normalized spacial score (nSPS) is 12.8. The third-order valence-corrected chi connectivity index (χ3v) is 4.89. The summed E-state index contributed by atoms with van der Waals surface area (Å²) in [5.41, 5.74) is 0.667. The molecule has 0 aliphatic heterocycles. The third kappa shape index (κ3) is 8.62. The number of amides is 3. The molecule has 0 aliphatic carbocycles. The quantitative estimate of drug-likeness (QED) is 0.426. The maximum absolute atomic E-state index is 13.2. The highest BCUT2D eigenvalue weighted by Crippen LogP contribution is 2.25. The average molecular weight is 444 g/mol. The topological polar surface area (TPSA) is 87.7 Å². The highest BCUT2D eigenvalue weighted by Gasteiger charge is 2.34. The molecule has 3 amide bonds. The van der Waals surface area contributed by atoms with Gasteiger partial charge in [0.2, 0.25) is 11.8 Å². The lowest BCUT2D eigenvalue weighted by molar-refractivity contribution is -0.142. The van der Waals surface area contributed by atoms with Crippen LogP contribution < -0.4 is 10.6 Å². The predicted octanol–water partition coefficient (Wildman–Crippen LogP) is 3.78. The molecule has 0 fully saturated rings. The van der Waals surface area contributed by atoms with Gasteiger partial charge in [-0.3, -0.25) is 9.59 Å². The molecule has 1 aromatic rings. The van der Waals surface area contributed by atoms with Crippen LogP contribution in [-0.2, 0) is 14.3 Å². The summed E-state index contributed by atoms with van der Waals surface area (Å²) in [6.07, 6.45) is 7.19. The number of nitrogens with one attached hydrogen (secondary N) is 2. The SMILES string of the molecule is C#Cc1ccc(C(C(=O)NCCCC)N(C(=O)CNC(=O)OC(C)(C)C)C(C)CC)cc1. The Hall–Kier alpha value is -3.01. The van der Waals surface area contributed by atoms with Crippen LogP contribution in [0.2, 0.25) is 0 Å². The lowest BCUT2D eigenvalue weighted by atomic mass is 10.00. The van der Waals surface area contributed by atoms with Gasteiger partial charge in [-0.25, -0.2) is 4.79 Å². The van der Waals surface area contributed by atoms with Crippen LogP contribution in [0.4, 0.5) is 4.79 Å². The van der Waals surface area contributed by atoms with Gasteiger partial charge in [0.25, 0.3) is 0 Å². The zero-order valence-corrected chi connectivity index (χ0v) is 20.2. The fourth-order valence-electron chi connectivity index (χ4n) is 3.08. The van der Waals surface area contributed by atoms with Gasteiger partial charge in [0, 0.05) is 18.2 Å². The molecule has 7 nitrogen and oxygen atoms in total. The van der Waals surface area contributed by atoms with Gasteiger partial charge in [0.15, 0.2) is 0 Å². The molecule has 0 aliphatic rings. The van der Waals surface area contributed by atoms with Gasteiger partial charge in [-0.15, -0.1) is 6.42 Å². The average Bonchev–Trinajstić information content (AvgIpc) is 2.74. The molecular weight excluding hydrogens is 406 g/mol. The van der Waals surface area contributed by atoms with Crippen molar-refractivity contribution >= 4 is 17.9 Å². The lowest BCUT2D eigenvalue weighted by Crippen LogP contribution is -2.51. The molecule has 0 heterocycles. The number of nitrogens with zero attached hydrogens (tertiary/aromatic N) is 1. The smallest absolute Gasteiger partial charge is 0.408 e. The van der Waals surface area contributed by atoms with E-state index in [4.69, 9.17) is 11.2 Å². The van der Waals surface area contributed by atoms with Gasteiger partial charge in [-0.05, 0) is 58.2 Å². The summed E-state index contributed by atoms with van der Waals surface area (Å²) in [6.45, 7) is 11.4. The van der Waals surface area contributed by atoms with Crippen molar-refractivity contribution in [3.63, 3.8) is 0 Å². The predicted molar refractivity (Wildman–Crippen MR) is 126 cm³/mol. The summed E-state index contributed by atoms with van der Waals surface area (Å²) in [4.78, 5) is 40.0. The maximum Gasteiger partial charge on any atom is 0.408 e. The van der Waals surface area contributed by atoms with Crippen molar-refractivity contribution in [1.29, 1.82) is 0 Å². The number of carbonyl (C=O) groups excluding carboxylic acids is 3. The highest BCUT2D eigenvalue weighted by molar-refractivity contribution is 5.90. The van der Waals surface area contributed by atoms with Crippen LogP contribution in [0, 0.1) is 12.3 Å². The Morgan fingerprint density at radius 1 is 1.12 bits per heavy atom. The van der Waals surface area contributed by atoms with E-state index < -0.39 is 17.7 Å². The van der Waals surface area contributed by atoms with Crippen molar-refractivity contribution in [2.45, 2.75) is 78.5 Å². The van der Waals surface area contributed by atoms with E-state index in [0.29, 0.717) is 24.1 Å². The molecule has 2 unspecified atom stereocenters. The second kappa shape index (κ2) is 12.7. The van der Waals surface area contributed by atoms with E-state index in [0.717, 1.165) is 12.8 Å². The number of unbranched alkanes of at least 4 members (excludes halogenated alkanes) is 1. The molecule has 1 aromatic carbocycles. The van der Waals surface area contributed by atoms with Crippen LogP contribution >= 0.6 is 0 Å². The van der Waals surface area contributed by atoms with Crippen molar-refractivity contribution in [3.05, 3.63) is 35.4 Å². The van der Waals surface area contributed by atoms with Crippen molar-refractivity contribution < 1.29 is 19.1 Å². The third-order valence-electron chi connectivity index (χ3n) is 4.89.